The maximum Gasteiger partial charge on any atom is 0.333 e. The molecule has 6 nitrogen and oxygen atoms in total. The van der Waals surface area contributed by atoms with Gasteiger partial charge in [-0.25, -0.2) is 17.9 Å². The van der Waals surface area contributed by atoms with Gasteiger partial charge in [-0.05, 0) is 93.6 Å². The van der Waals surface area contributed by atoms with E-state index in [1.807, 2.05) is 6.92 Å². The molecular formula is C22H31N3O3S. The van der Waals surface area contributed by atoms with Gasteiger partial charge in [0, 0.05) is 16.6 Å². The second-order valence-corrected chi connectivity index (χ2v) is 10.2. The topological polar surface area (TPSA) is 78.5 Å². The summed E-state index contributed by atoms with van der Waals surface area (Å²) in [6.07, 6.45) is 9.81. The Morgan fingerprint density at radius 1 is 1.14 bits per heavy atom. The fourth-order valence-electron chi connectivity index (χ4n) is 5.25. The SMILES string of the molecule is CCN1CCC[C@]1(C)/C=C/S(=O)(=O)NC(=O)Nc1c2c(cc3c1CCC3)CCC2. The second kappa shape index (κ2) is 7.76. The molecule has 1 aliphatic heterocycles. The Labute approximate surface area is 173 Å². The highest BCUT2D eigenvalue weighted by Gasteiger charge is 2.33. The van der Waals surface area contributed by atoms with Crippen molar-refractivity contribution in [2.75, 3.05) is 18.4 Å². The van der Waals surface area contributed by atoms with E-state index in [1.54, 1.807) is 6.08 Å². The van der Waals surface area contributed by atoms with Crippen molar-refractivity contribution in [1.82, 2.24) is 9.62 Å². The van der Waals surface area contributed by atoms with Crippen molar-refractivity contribution < 1.29 is 13.2 Å². The average molecular weight is 418 g/mol. The molecule has 1 fully saturated rings. The zero-order chi connectivity index (χ0) is 20.6. The molecule has 2 amide bonds. The number of likely N-dealkylation sites (tertiary alicyclic amines) is 1. The van der Waals surface area contributed by atoms with Gasteiger partial charge in [0.25, 0.3) is 10.0 Å². The van der Waals surface area contributed by atoms with E-state index in [9.17, 15) is 13.2 Å². The summed E-state index contributed by atoms with van der Waals surface area (Å²) in [7, 11) is -3.86. The lowest BCUT2D eigenvalue weighted by molar-refractivity contribution is 0.214. The Kier molecular flexibility index (Phi) is 5.46. The van der Waals surface area contributed by atoms with Crippen LogP contribution in [0.4, 0.5) is 10.5 Å². The predicted octanol–water partition coefficient (Wildman–Crippen LogP) is 3.50. The molecule has 0 saturated carbocycles. The highest BCUT2D eigenvalue weighted by molar-refractivity contribution is 7.92. The number of urea groups is 1. The molecular weight excluding hydrogens is 386 g/mol. The molecule has 1 aromatic carbocycles. The van der Waals surface area contributed by atoms with Crippen LogP contribution in [0.25, 0.3) is 0 Å². The number of rotatable bonds is 5. The van der Waals surface area contributed by atoms with Gasteiger partial charge in [0.05, 0.1) is 0 Å². The van der Waals surface area contributed by atoms with E-state index in [0.717, 1.165) is 75.6 Å². The quantitative estimate of drug-likeness (QED) is 0.769. The van der Waals surface area contributed by atoms with Gasteiger partial charge < -0.3 is 5.32 Å². The largest absolute Gasteiger partial charge is 0.333 e. The summed E-state index contributed by atoms with van der Waals surface area (Å²) in [6, 6.07) is 1.61. The lowest BCUT2D eigenvalue weighted by Gasteiger charge is -2.31. The van der Waals surface area contributed by atoms with Crippen LogP contribution in [-0.2, 0) is 35.7 Å². The standard InChI is InChI=1S/C22H31N3O3S/c1-3-25-13-6-11-22(25,2)12-14-29(27,28)24-21(26)23-20-18-9-4-7-16(18)15-17-8-5-10-19(17)20/h12,14-15H,3-11,13H2,1-2H3,(H2,23,24,26)/b14-12+/t22-/m1/s1. The first kappa shape index (κ1) is 20.4. The summed E-state index contributed by atoms with van der Waals surface area (Å²) in [4.78, 5) is 14.8. The fraction of sp³-hybridized carbons (Fsp3) is 0.591. The van der Waals surface area contributed by atoms with Crippen molar-refractivity contribution in [3.05, 3.63) is 39.8 Å². The van der Waals surface area contributed by atoms with E-state index in [1.165, 1.54) is 22.3 Å². The summed E-state index contributed by atoms with van der Waals surface area (Å²) in [5, 5.41) is 4.04. The number of nitrogens with zero attached hydrogens (tertiary/aromatic N) is 1. The number of hydrogen-bond acceptors (Lipinski definition) is 4. The Balaban J connectivity index is 1.49. The van der Waals surface area contributed by atoms with Crippen molar-refractivity contribution in [2.45, 2.75) is 70.8 Å². The lowest BCUT2D eigenvalue weighted by atomic mass is 9.99. The van der Waals surface area contributed by atoms with E-state index >= 15 is 0 Å². The Morgan fingerprint density at radius 3 is 2.41 bits per heavy atom. The van der Waals surface area contributed by atoms with Crippen LogP contribution in [0.15, 0.2) is 17.6 Å². The molecule has 0 radical (unpaired) electrons. The van der Waals surface area contributed by atoms with Crippen LogP contribution in [-0.4, -0.2) is 38.0 Å². The number of likely N-dealkylation sites (N-methyl/N-ethyl adjacent to an activating group) is 1. The fourth-order valence-corrected chi connectivity index (χ4v) is 6.10. The van der Waals surface area contributed by atoms with Crippen LogP contribution < -0.4 is 10.0 Å². The number of nitrogens with one attached hydrogen (secondary N) is 2. The zero-order valence-corrected chi connectivity index (χ0v) is 18.2. The Bertz CT molecular complexity index is 922. The van der Waals surface area contributed by atoms with Crippen LogP contribution in [0.1, 0.15) is 61.8 Å². The van der Waals surface area contributed by atoms with Crippen molar-refractivity contribution in [3.63, 3.8) is 0 Å². The summed E-state index contributed by atoms with van der Waals surface area (Å²) < 4.78 is 27.2. The van der Waals surface area contributed by atoms with Crippen LogP contribution in [0, 0.1) is 0 Å². The lowest BCUT2D eigenvalue weighted by Crippen LogP contribution is -2.40. The van der Waals surface area contributed by atoms with Crippen molar-refractivity contribution in [1.29, 1.82) is 0 Å². The van der Waals surface area contributed by atoms with Gasteiger partial charge in [0.1, 0.15) is 0 Å². The Morgan fingerprint density at radius 2 is 1.79 bits per heavy atom. The second-order valence-electron chi connectivity index (χ2n) is 8.68. The first-order chi connectivity index (χ1) is 13.8. The third kappa shape index (κ3) is 4.08. The van der Waals surface area contributed by atoms with Gasteiger partial charge in [-0.3, -0.25) is 4.90 Å². The molecule has 0 bridgehead atoms. The number of aryl methyl sites for hydroxylation is 2. The van der Waals surface area contributed by atoms with E-state index in [2.05, 4.69) is 27.9 Å². The van der Waals surface area contributed by atoms with Crippen LogP contribution in [0.5, 0.6) is 0 Å². The van der Waals surface area contributed by atoms with Crippen molar-refractivity contribution >= 4 is 21.7 Å². The van der Waals surface area contributed by atoms with Gasteiger partial charge in [-0.2, -0.15) is 0 Å². The normalized spacial score (nSPS) is 24.1. The van der Waals surface area contributed by atoms with E-state index in [-0.39, 0.29) is 5.54 Å². The molecule has 1 atom stereocenters. The summed E-state index contributed by atoms with van der Waals surface area (Å²) in [5.74, 6) is 0. The number of hydrogen-bond donors (Lipinski definition) is 2. The number of fused-ring (bicyclic) bond motifs is 2. The third-order valence-electron chi connectivity index (χ3n) is 6.77. The minimum atomic E-state index is -3.86. The van der Waals surface area contributed by atoms with E-state index in [4.69, 9.17) is 0 Å². The van der Waals surface area contributed by atoms with Crippen LogP contribution in [0.3, 0.4) is 0 Å². The van der Waals surface area contributed by atoms with Gasteiger partial charge in [-0.15, -0.1) is 0 Å². The summed E-state index contributed by atoms with van der Waals surface area (Å²) in [6.45, 7) is 5.97. The molecule has 4 rings (SSSR count). The molecule has 29 heavy (non-hydrogen) atoms. The van der Waals surface area contributed by atoms with E-state index < -0.39 is 16.1 Å². The van der Waals surface area contributed by atoms with Gasteiger partial charge in [-0.1, -0.05) is 19.1 Å². The number of carbonyl (C=O) groups is 1. The van der Waals surface area contributed by atoms with Crippen molar-refractivity contribution in [3.8, 4) is 0 Å². The molecule has 3 aliphatic rings. The number of anilines is 1. The molecule has 1 saturated heterocycles. The zero-order valence-electron chi connectivity index (χ0n) is 17.4. The minimum Gasteiger partial charge on any atom is -0.307 e. The highest BCUT2D eigenvalue weighted by Crippen LogP contribution is 2.38. The minimum absolute atomic E-state index is 0.277. The highest BCUT2D eigenvalue weighted by atomic mass is 32.2. The number of benzene rings is 1. The maximum atomic E-state index is 12.6. The monoisotopic (exact) mass is 417 g/mol. The molecule has 1 aromatic rings. The van der Waals surface area contributed by atoms with Gasteiger partial charge in [0.2, 0.25) is 0 Å². The first-order valence-corrected chi connectivity index (χ1v) is 12.3. The molecule has 0 unspecified atom stereocenters. The predicted molar refractivity (Wildman–Crippen MR) is 116 cm³/mol. The molecule has 7 heteroatoms. The van der Waals surface area contributed by atoms with Crippen LogP contribution >= 0.6 is 0 Å². The van der Waals surface area contributed by atoms with Crippen molar-refractivity contribution in [2.24, 2.45) is 0 Å². The summed E-state index contributed by atoms with van der Waals surface area (Å²) in [5.41, 5.74) is 5.55. The van der Waals surface area contributed by atoms with Gasteiger partial charge in [0.15, 0.2) is 0 Å². The van der Waals surface area contributed by atoms with Crippen LogP contribution in [0.2, 0.25) is 0 Å². The maximum absolute atomic E-state index is 12.6. The number of sulfonamides is 1. The number of amides is 2. The molecule has 2 N–H and O–H groups in total. The molecule has 0 aromatic heterocycles. The number of carbonyl (C=O) groups excluding carboxylic acids is 1. The van der Waals surface area contributed by atoms with Gasteiger partial charge >= 0.3 is 6.03 Å². The molecule has 158 valence electrons. The summed E-state index contributed by atoms with van der Waals surface area (Å²) >= 11 is 0. The Hall–Kier alpha value is -1.86. The van der Waals surface area contributed by atoms with E-state index in [0.29, 0.717) is 0 Å². The molecule has 0 spiro atoms. The third-order valence-corrected chi connectivity index (χ3v) is 7.73. The smallest absolute Gasteiger partial charge is 0.307 e. The first-order valence-electron chi connectivity index (χ1n) is 10.8. The average Bonchev–Trinajstić information content (AvgIpc) is 3.39. The molecule has 1 heterocycles. The molecule has 2 aliphatic carbocycles.